The molecule has 3 unspecified atom stereocenters. The zero-order valence-corrected chi connectivity index (χ0v) is 32.5. The quantitative estimate of drug-likeness (QED) is 0.0875. The van der Waals surface area contributed by atoms with Gasteiger partial charge in [-0.3, -0.25) is 14.0 Å². The number of ether oxygens (including phenoxy) is 1. The number of carbonyl (C=O) groups excluding carboxylic acids is 2. The van der Waals surface area contributed by atoms with Crippen molar-refractivity contribution in [1.29, 1.82) is 0 Å². The van der Waals surface area contributed by atoms with Gasteiger partial charge in [-0.15, -0.1) is 11.3 Å². The van der Waals surface area contributed by atoms with Crippen LogP contribution < -0.4 is 15.8 Å². The third-order valence-corrected chi connectivity index (χ3v) is 10.9. The number of thiazole rings is 1. The Balaban J connectivity index is 0.919. The van der Waals surface area contributed by atoms with E-state index in [9.17, 15) is 14.7 Å². The molecule has 1 aliphatic rings. The summed E-state index contributed by atoms with van der Waals surface area (Å²) in [7, 11) is 0. The number of hydrogen-bond acceptors (Lipinski definition) is 11. The molecule has 2 aromatic carbocycles. The summed E-state index contributed by atoms with van der Waals surface area (Å²) in [6.45, 7) is 8.68. The molecule has 0 radical (unpaired) electrons. The van der Waals surface area contributed by atoms with Crippen LogP contribution in [0, 0.1) is 24.7 Å². The first-order valence-corrected chi connectivity index (χ1v) is 19.6. The van der Waals surface area contributed by atoms with Crippen LogP contribution in [0.4, 0.5) is 5.82 Å². The maximum Gasteiger partial charge on any atom is 0.254 e. The maximum absolute atomic E-state index is 14.0. The highest BCUT2D eigenvalue weighted by Gasteiger charge is 2.40. The molecule has 4 aromatic heterocycles. The Morgan fingerprint density at radius 2 is 1.93 bits per heavy atom. The van der Waals surface area contributed by atoms with Crippen LogP contribution in [0.3, 0.4) is 0 Å². The van der Waals surface area contributed by atoms with Crippen molar-refractivity contribution < 1.29 is 24.0 Å². The number of phenolic OH excluding ortho intramolecular Hbond substituents is 1. The summed E-state index contributed by atoms with van der Waals surface area (Å²) in [6, 6.07) is 16.0. The lowest BCUT2D eigenvalue weighted by atomic mass is 9.91. The zero-order valence-electron chi connectivity index (χ0n) is 31.7. The second-order valence-electron chi connectivity index (χ2n) is 14.2. The molecular weight excluding hydrogens is 729 g/mol. The Kier molecular flexibility index (Phi) is 11.3. The van der Waals surface area contributed by atoms with Crippen LogP contribution in [0.2, 0.25) is 0 Å². The molecule has 288 valence electrons. The first kappa shape index (κ1) is 38.1. The molecule has 0 spiro atoms. The number of aromatic nitrogens is 5. The van der Waals surface area contributed by atoms with E-state index in [0.29, 0.717) is 60.8 Å². The molecule has 7 rings (SSSR count). The minimum absolute atomic E-state index is 0.108. The number of rotatable bonds is 12. The van der Waals surface area contributed by atoms with Crippen molar-refractivity contribution in [2.24, 2.45) is 5.92 Å². The summed E-state index contributed by atoms with van der Waals surface area (Å²) in [4.78, 5) is 43.6. The molecule has 5 heterocycles. The van der Waals surface area contributed by atoms with Gasteiger partial charge in [-0.2, -0.15) is 4.98 Å². The highest BCUT2D eigenvalue weighted by molar-refractivity contribution is 7.13. The van der Waals surface area contributed by atoms with E-state index < -0.39 is 12.0 Å². The first-order chi connectivity index (χ1) is 27.1. The molecular formula is C42H44N8O5S. The Labute approximate surface area is 328 Å². The number of nitrogens with zero attached hydrogens (tertiary/aromatic N) is 6. The number of anilines is 1. The van der Waals surface area contributed by atoms with Crippen LogP contribution in [0.25, 0.3) is 27.5 Å². The number of aryl methyl sites for hydroxylation is 1. The van der Waals surface area contributed by atoms with Crippen LogP contribution in [-0.4, -0.2) is 65.5 Å². The van der Waals surface area contributed by atoms with Gasteiger partial charge >= 0.3 is 0 Å². The molecule has 0 bridgehead atoms. The van der Waals surface area contributed by atoms with E-state index in [1.165, 1.54) is 0 Å². The number of benzene rings is 2. The summed E-state index contributed by atoms with van der Waals surface area (Å²) >= 11 is 1.61. The minimum Gasteiger partial charge on any atom is -0.507 e. The number of carbonyl (C=O) groups is 2. The molecule has 1 aliphatic heterocycles. The van der Waals surface area contributed by atoms with E-state index in [1.54, 1.807) is 57.3 Å². The summed E-state index contributed by atoms with van der Waals surface area (Å²) < 4.78 is 13.2. The van der Waals surface area contributed by atoms with Crippen LogP contribution >= 0.6 is 11.3 Å². The fourth-order valence-electron chi connectivity index (χ4n) is 6.94. The number of amides is 2. The highest BCUT2D eigenvalue weighted by atomic mass is 32.1. The Bertz CT molecular complexity index is 2410. The molecule has 1 fully saturated rings. The topological polar surface area (TPSA) is 174 Å². The number of phenols is 1. The third-order valence-electron chi connectivity index (χ3n) is 9.94. The summed E-state index contributed by atoms with van der Waals surface area (Å²) in [5, 5.41) is 17.4. The van der Waals surface area contributed by atoms with E-state index in [0.717, 1.165) is 28.1 Å². The average molecular weight is 773 g/mol. The van der Waals surface area contributed by atoms with E-state index in [4.69, 9.17) is 15.0 Å². The van der Waals surface area contributed by atoms with Gasteiger partial charge in [-0.05, 0) is 67.4 Å². The van der Waals surface area contributed by atoms with Crippen molar-refractivity contribution in [3.63, 3.8) is 0 Å². The van der Waals surface area contributed by atoms with Gasteiger partial charge in [0.15, 0.2) is 5.76 Å². The van der Waals surface area contributed by atoms with Crippen LogP contribution in [0.15, 0.2) is 77.0 Å². The number of unbranched alkanes of at least 4 members (excludes halogenated alkanes) is 1. The third kappa shape index (κ3) is 8.23. The van der Waals surface area contributed by atoms with Crippen molar-refractivity contribution in [3.05, 3.63) is 95.1 Å². The van der Waals surface area contributed by atoms with Gasteiger partial charge in [0.05, 0.1) is 40.0 Å². The van der Waals surface area contributed by atoms with Crippen molar-refractivity contribution in [2.45, 2.75) is 71.4 Å². The van der Waals surface area contributed by atoms with E-state index in [-0.39, 0.29) is 41.2 Å². The highest BCUT2D eigenvalue weighted by Crippen LogP contribution is 2.33. The van der Waals surface area contributed by atoms with Gasteiger partial charge in [0.25, 0.3) is 5.88 Å². The van der Waals surface area contributed by atoms with Gasteiger partial charge < -0.3 is 30.3 Å². The number of hydrogen-bond donors (Lipinski definition) is 3. The largest absolute Gasteiger partial charge is 0.507 e. The number of imidazole rings is 1. The van der Waals surface area contributed by atoms with E-state index >= 15 is 0 Å². The second kappa shape index (κ2) is 16.7. The van der Waals surface area contributed by atoms with Gasteiger partial charge in [0.1, 0.15) is 23.5 Å². The molecule has 13 nitrogen and oxygen atoms in total. The minimum atomic E-state index is -0.624. The number of nitrogens with two attached hydrogens (primary N) is 1. The Morgan fingerprint density at radius 1 is 1.12 bits per heavy atom. The lowest BCUT2D eigenvalue weighted by Crippen LogP contribution is -2.48. The van der Waals surface area contributed by atoms with Crippen LogP contribution in [0.5, 0.6) is 11.6 Å². The first-order valence-electron chi connectivity index (χ1n) is 18.7. The number of fused-ring (bicyclic) bond motifs is 1. The van der Waals surface area contributed by atoms with Gasteiger partial charge in [-0.1, -0.05) is 62.1 Å². The lowest BCUT2D eigenvalue weighted by molar-refractivity contribution is -0.141. The SMILES string of the molecule is Cc1ncsc1-c1ccc(C(C)NC(=O)C2CCCN2C(=O)C(c2cc(OCCCC#Cc3cn4cc(-c5ccccc5O)nc4nc3N)no2)C(C)C)cc1. The Hall–Kier alpha value is -6.20. The van der Waals surface area contributed by atoms with E-state index in [2.05, 4.69) is 49.4 Å². The fraction of sp³-hybridized carbons (Fsp3) is 0.333. The van der Waals surface area contributed by atoms with Crippen molar-refractivity contribution >= 4 is 34.7 Å². The molecule has 4 N–H and O–H groups in total. The average Bonchev–Trinajstić information content (AvgIpc) is 4.01. The van der Waals surface area contributed by atoms with Gasteiger partial charge in [0, 0.05) is 37.0 Å². The van der Waals surface area contributed by atoms with Gasteiger partial charge in [0.2, 0.25) is 17.6 Å². The molecule has 1 saturated heterocycles. The molecule has 56 heavy (non-hydrogen) atoms. The summed E-state index contributed by atoms with van der Waals surface area (Å²) in [5.41, 5.74) is 12.8. The maximum atomic E-state index is 14.0. The van der Waals surface area contributed by atoms with Crippen molar-refractivity contribution in [3.8, 4) is 45.2 Å². The number of likely N-dealkylation sites (tertiary alicyclic amines) is 1. The number of nitrogens with one attached hydrogen (secondary N) is 1. The molecule has 6 aromatic rings. The molecule has 2 amide bonds. The zero-order chi connectivity index (χ0) is 39.3. The molecule has 14 heteroatoms. The number of aromatic hydroxyl groups is 1. The van der Waals surface area contributed by atoms with E-state index in [1.807, 2.05) is 51.4 Å². The lowest BCUT2D eigenvalue weighted by Gasteiger charge is -2.29. The van der Waals surface area contributed by atoms with Crippen molar-refractivity contribution in [1.82, 2.24) is 34.7 Å². The van der Waals surface area contributed by atoms with Crippen LogP contribution in [-0.2, 0) is 9.59 Å². The summed E-state index contributed by atoms with van der Waals surface area (Å²) in [6.07, 6.45) is 6.00. The summed E-state index contributed by atoms with van der Waals surface area (Å²) in [5.74, 6) is 6.61. The van der Waals surface area contributed by atoms with Crippen LogP contribution in [0.1, 0.15) is 81.0 Å². The predicted octanol–water partition coefficient (Wildman–Crippen LogP) is 6.92. The molecule has 3 atom stereocenters. The molecule has 0 aliphatic carbocycles. The Morgan fingerprint density at radius 3 is 2.68 bits per heavy atom. The normalized spacial score (nSPS) is 15.1. The van der Waals surface area contributed by atoms with Gasteiger partial charge in [-0.25, -0.2) is 9.97 Å². The number of nitrogen functional groups attached to an aromatic ring is 1. The van der Waals surface area contributed by atoms with Crippen molar-refractivity contribution in [2.75, 3.05) is 18.9 Å². The number of para-hydroxylation sites is 1. The molecule has 0 saturated carbocycles. The monoisotopic (exact) mass is 772 g/mol. The predicted molar refractivity (Wildman–Crippen MR) is 214 cm³/mol. The fourth-order valence-corrected chi connectivity index (χ4v) is 7.76. The smallest absolute Gasteiger partial charge is 0.254 e. The second-order valence-corrected chi connectivity index (χ2v) is 15.1. The standard InChI is InChI=1S/C42H44N8O5S/c1-25(2)37(41(53)50-19-10-13-33(50)40(52)45-26(3)28-15-17-29(18-16-28)38-27(4)44-24-56-38)35-21-36(48-55-35)54-20-9-5-6-11-30-22-49-23-32(46-42(49)47-39(30)43)31-12-7-8-14-34(31)51/h7-8,12,14-18,21-26,33,37,51H,5,9-10,13,19-20H2,1-4H3,(H,45,52)(H2,43,46,47).